The van der Waals surface area contributed by atoms with Gasteiger partial charge in [-0.15, -0.1) is 11.3 Å². The van der Waals surface area contributed by atoms with E-state index in [2.05, 4.69) is 5.32 Å². The normalized spacial score (nSPS) is 10.4. The zero-order chi connectivity index (χ0) is 23.4. The summed E-state index contributed by atoms with van der Waals surface area (Å²) in [6, 6.07) is 10.9. The quantitative estimate of drug-likeness (QED) is 0.301. The van der Waals surface area contributed by atoms with Crippen molar-refractivity contribution in [1.29, 1.82) is 0 Å². The predicted octanol–water partition coefficient (Wildman–Crippen LogP) is 4.97. The predicted molar refractivity (Wildman–Crippen MR) is 118 cm³/mol. The number of nitrogens with one attached hydrogen (secondary N) is 1. The third-order valence-electron chi connectivity index (χ3n) is 4.59. The van der Waals surface area contributed by atoms with Gasteiger partial charge in [0.1, 0.15) is 16.1 Å². The van der Waals surface area contributed by atoms with Crippen LogP contribution < -0.4 is 5.32 Å². The fraction of sp³-hybridized carbons (Fsp3) is 0.143. The van der Waals surface area contributed by atoms with Crippen LogP contribution in [0.5, 0.6) is 0 Å². The first-order chi connectivity index (χ1) is 15.2. The minimum absolute atomic E-state index is 0.118. The van der Waals surface area contributed by atoms with Crippen molar-refractivity contribution in [3.05, 3.63) is 84.8 Å². The number of nitro groups is 2. The van der Waals surface area contributed by atoms with Crippen LogP contribution in [-0.2, 0) is 4.74 Å². The number of rotatable bonds is 7. The van der Waals surface area contributed by atoms with Gasteiger partial charge in [0.2, 0.25) is 0 Å². The first-order valence-corrected chi connectivity index (χ1v) is 10.2. The van der Waals surface area contributed by atoms with Gasteiger partial charge in [0.05, 0.1) is 22.0 Å². The van der Waals surface area contributed by atoms with Crippen molar-refractivity contribution in [2.24, 2.45) is 0 Å². The summed E-state index contributed by atoms with van der Waals surface area (Å²) in [6.07, 6.45) is 0. The fourth-order valence-electron chi connectivity index (χ4n) is 3.06. The molecule has 1 N–H and O–H groups in total. The number of hydrogen-bond acceptors (Lipinski definition) is 8. The summed E-state index contributed by atoms with van der Waals surface area (Å²) in [5.41, 5.74) is -0.131. The van der Waals surface area contributed by atoms with E-state index in [0.29, 0.717) is 5.56 Å². The summed E-state index contributed by atoms with van der Waals surface area (Å²) in [4.78, 5) is 46.5. The van der Waals surface area contributed by atoms with Crippen LogP contribution in [0.2, 0.25) is 0 Å². The minimum atomic E-state index is -0.830. The van der Waals surface area contributed by atoms with Crippen molar-refractivity contribution in [3.63, 3.8) is 0 Å². The average molecular weight is 455 g/mol. The van der Waals surface area contributed by atoms with Gasteiger partial charge in [-0.3, -0.25) is 25.0 Å². The second kappa shape index (κ2) is 9.35. The molecule has 1 heterocycles. The lowest BCUT2D eigenvalue weighted by Crippen LogP contribution is -2.15. The Hall–Kier alpha value is -4.12. The van der Waals surface area contributed by atoms with Gasteiger partial charge in [-0.1, -0.05) is 30.3 Å². The van der Waals surface area contributed by atoms with Crippen molar-refractivity contribution in [2.45, 2.75) is 13.8 Å². The van der Waals surface area contributed by atoms with Gasteiger partial charge in [-0.05, 0) is 19.4 Å². The molecule has 3 aromatic rings. The summed E-state index contributed by atoms with van der Waals surface area (Å²) in [5, 5.41) is 27.0. The van der Waals surface area contributed by atoms with Crippen molar-refractivity contribution in [2.75, 3.05) is 11.9 Å². The number of benzene rings is 2. The smallest absolute Gasteiger partial charge is 0.341 e. The molecule has 0 bridgehead atoms. The Bertz CT molecular complexity index is 1190. The molecular weight excluding hydrogens is 438 g/mol. The van der Waals surface area contributed by atoms with E-state index in [-0.39, 0.29) is 28.3 Å². The van der Waals surface area contributed by atoms with Gasteiger partial charge in [-0.2, -0.15) is 0 Å². The number of esters is 1. The largest absolute Gasteiger partial charge is 0.462 e. The molecule has 0 unspecified atom stereocenters. The summed E-state index contributed by atoms with van der Waals surface area (Å²) in [5.74, 6) is -1.48. The molecule has 0 saturated heterocycles. The van der Waals surface area contributed by atoms with Crippen molar-refractivity contribution >= 4 is 39.6 Å². The molecule has 0 fully saturated rings. The number of thiophene rings is 1. The highest BCUT2D eigenvalue weighted by molar-refractivity contribution is 7.15. The molecule has 0 aliphatic rings. The lowest BCUT2D eigenvalue weighted by atomic mass is 10.0. The third kappa shape index (κ3) is 4.47. The number of ether oxygens (including phenoxy) is 1. The lowest BCUT2D eigenvalue weighted by Gasteiger charge is -2.09. The Kier molecular flexibility index (Phi) is 6.59. The SMILES string of the molecule is CCOC(=O)c1c(-c2ccccc2)csc1NC(=O)c1cc([N+](=O)[O-])c(C)c([N+](=O)[O-])c1. The number of carbonyl (C=O) groups is 2. The van der Waals surface area contributed by atoms with E-state index in [9.17, 15) is 29.8 Å². The first kappa shape index (κ1) is 22.6. The highest BCUT2D eigenvalue weighted by atomic mass is 32.1. The number of amides is 1. The van der Waals surface area contributed by atoms with Crippen molar-refractivity contribution in [1.82, 2.24) is 0 Å². The summed E-state index contributed by atoms with van der Waals surface area (Å²) >= 11 is 1.07. The average Bonchev–Trinajstić information content (AvgIpc) is 3.17. The molecule has 0 aliphatic heterocycles. The summed E-state index contributed by atoms with van der Waals surface area (Å²) in [7, 11) is 0. The van der Waals surface area contributed by atoms with Crippen LogP contribution in [0.1, 0.15) is 33.2 Å². The van der Waals surface area contributed by atoms with E-state index in [0.717, 1.165) is 29.0 Å². The second-order valence-corrected chi connectivity index (χ2v) is 7.43. The number of nitrogens with zero attached hydrogens (tertiary/aromatic N) is 2. The van der Waals surface area contributed by atoms with E-state index in [4.69, 9.17) is 4.74 Å². The van der Waals surface area contributed by atoms with Gasteiger partial charge < -0.3 is 10.1 Å². The van der Waals surface area contributed by atoms with Crippen LogP contribution in [0, 0.1) is 27.2 Å². The molecule has 0 saturated carbocycles. The van der Waals surface area contributed by atoms with Gasteiger partial charge in [0.15, 0.2) is 0 Å². The minimum Gasteiger partial charge on any atom is -0.462 e. The van der Waals surface area contributed by atoms with Gasteiger partial charge >= 0.3 is 5.97 Å². The fourth-order valence-corrected chi connectivity index (χ4v) is 4.01. The Morgan fingerprint density at radius 2 is 1.66 bits per heavy atom. The van der Waals surface area contributed by atoms with E-state index < -0.39 is 33.1 Å². The van der Waals surface area contributed by atoms with E-state index in [1.807, 2.05) is 6.07 Å². The zero-order valence-electron chi connectivity index (χ0n) is 17.0. The number of hydrogen-bond donors (Lipinski definition) is 1. The summed E-state index contributed by atoms with van der Waals surface area (Å²) in [6.45, 7) is 3.00. The van der Waals surface area contributed by atoms with E-state index in [1.54, 1.807) is 36.6 Å². The molecule has 32 heavy (non-hydrogen) atoms. The van der Waals surface area contributed by atoms with E-state index in [1.165, 1.54) is 6.92 Å². The molecule has 0 atom stereocenters. The Labute approximate surface area is 185 Å². The van der Waals surface area contributed by atoms with Crippen LogP contribution >= 0.6 is 11.3 Å². The maximum Gasteiger partial charge on any atom is 0.341 e. The van der Waals surface area contributed by atoms with Crippen LogP contribution in [0.15, 0.2) is 47.8 Å². The molecular formula is C21H17N3O7S. The third-order valence-corrected chi connectivity index (χ3v) is 5.49. The van der Waals surface area contributed by atoms with Gasteiger partial charge in [-0.25, -0.2) is 4.79 Å². The molecule has 10 nitrogen and oxygen atoms in total. The summed E-state index contributed by atoms with van der Waals surface area (Å²) < 4.78 is 5.13. The zero-order valence-corrected chi connectivity index (χ0v) is 17.8. The molecule has 1 aromatic heterocycles. The van der Waals surface area contributed by atoms with Crippen LogP contribution in [0.25, 0.3) is 11.1 Å². The van der Waals surface area contributed by atoms with Crippen LogP contribution in [0.4, 0.5) is 16.4 Å². The standard InChI is InChI=1S/C21H17N3O7S/c1-3-31-21(26)18-15(13-7-5-4-6-8-13)11-32-20(18)22-19(25)14-9-16(23(27)28)12(2)17(10-14)24(29)30/h4-11H,3H2,1-2H3,(H,22,25). The molecule has 164 valence electrons. The maximum atomic E-state index is 12.9. The topological polar surface area (TPSA) is 142 Å². The molecule has 2 aromatic carbocycles. The van der Waals surface area contributed by atoms with Crippen molar-refractivity contribution in [3.8, 4) is 11.1 Å². The first-order valence-electron chi connectivity index (χ1n) is 9.33. The molecule has 0 radical (unpaired) electrons. The molecule has 1 amide bonds. The number of nitro benzene ring substituents is 2. The highest BCUT2D eigenvalue weighted by Gasteiger charge is 2.27. The Morgan fingerprint density at radius 1 is 1.06 bits per heavy atom. The number of carbonyl (C=O) groups excluding carboxylic acids is 2. The van der Waals surface area contributed by atoms with Gasteiger partial charge in [0, 0.05) is 23.1 Å². The Balaban J connectivity index is 2.05. The lowest BCUT2D eigenvalue weighted by molar-refractivity contribution is -0.395. The molecule has 11 heteroatoms. The maximum absolute atomic E-state index is 12.9. The highest BCUT2D eigenvalue weighted by Crippen LogP contribution is 2.37. The number of anilines is 1. The van der Waals surface area contributed by atoms with Crippen LogP contribution in [0.3, 0.4) is 0 Å². The van der Waals surface area contributed by atoms with Gasteiger partial charge in [0.25, 0.3) is 17.3 Å². The van der Waals surface area contributed by atoms with E-state index >= 15 is 0 Å². The second-order valence-electron chi connectivity index (χ2n) is 6.55. The van der Waals surface area contributed by atoms with Crippen LogP contribution in [-0.4, -0.2) is 28.3 Å². The molecule has 0 aliphatic carbocycles. The van der Waals surface area contributed by atoms with Crippen molar-refractivity contribution < 1.29 is 24.2 Å². The monoisotopic (exact) mass is 455 g/mol. The molecule has 0 spiro atoms. The Morgan fingerprint density at radius 3 is 2.19 bits per heavy atom. The molecule has 3 rings (SSSR count).